The molecule has 0 aliphatic heterocycles. The lowest BCUT2D eigenvalue weighted by Gasteiger charge is -2.09. The van der Waals surface area contributed by atoms with Crippen molar-refractivity contribution in [1.29, 1.82) is 0 Å². The number of hydrogen-bond donors (Lipinski definition) is 1. The van der Waals surface area contributed by atoms with Crippen LogP contribution in [0.1, 0.15) is 19.4 Å². The molecule has 0 amide bonds. The Bertz CT molecular complexity index is 533. The minimum Gasteiger partial charge on any atom is -0.392 e. The van der Waals surface area contributed by atoms with Gasteiger partial charge in [0.1, 0.15) is 0 Å². The maximum absolute atomic E-state index is 9.36. The normalized spacial score (nSPS) is 12.4. The molecule has 0 saturated heterocycles. The van der Waals surface area contributed by atoms with Crippen LogP contribution in [-0.2, 0) is 0 Å². The number of fused-ring (bicyclic) bond motifs is 1. The highest BCUT2D eigenvalue weighted by Gasteiger charge is 2.03. The summed E-state index contributed by atoms with van der Waals surface area (Å²) in [6.45, 7) is 4.33. The molecule has 0 unspecified atom stereocenters. The van der Waals surface area contributed by atoms with Gasteiger partial charge >= 0.3 is 0 Å². The molecule has 17 heavy (non-hydrogen) atoms. The zero-order valence-electron chi connectivity index (χ0n) is 10.4. The fourth-order valence-corrected chi connectivity index (χ4v) is 1.97. The smallest absolute Gasteiger partial charge is 0.0647 e. The van der Waals surface area contributed by atoms with Crippen molar-refractivity contribution in [1.82, 2.24) is 0 Å². The highest BCUT2D eigenvalue weighted by Crippen LogP contribution is 2.22. The standard InChI is InChI=1S/C16H18O/c1-12(2)15(11-17)10-14-8-5-7-13-6-3-4-9-16(13)14/h3-10,12,17H,11H2,1-2H3. The summed E-state index contributed by atoms with van der Waals surface area (Å²) in [5, 5.41) is 11.8. The lowest BCUT2D eigenvalue weighted by Crippen LogP contribution is -1.98. The first-order valence-corrected chi connectivity index (χ1v) is 6.01. The predicted octanol–water partition coefficient (Wildman–Crippen LogP) is 3.87. The van der Waals surface area contributed by atoms with E-state index < -0.39 is 0 Å². The van der Waals surface area contributed by atoms with E-state index in [4.69, 9.17) is 0 Å². The first kappa shape index (κ1) is 11.9. The lowest BCUT2D eigenvalue weighted by molar-refractivity contribution is 0.320. The number of hydrogen-bond acceptors (Lipinski definition) is 1. The van der Waals surface area contributed by atoms with E-state index in [1.807, 2.05) is 12.1 Å². The van der Waals surface area contributed by atoms with E-state index in [0.717, 1.165) is 5.57 Å². The van der Waals surface area contributed by atoms with Crippen LogP contribution in [0, 0.1) is 5.92 Å². The van der Waals surface area contributed by atoms with Crippen molar-refractivity contribution in [2.75, 3.05) is 6.61 Å². The second-order valence-corrected chi connectivity index (χ2v) is 4.60. The average Bonchev–Trinajstić information content (AvgIpc) is 2.35. The van der Waals surface area contributed by atoms with Crippen LogP contribution >= 0.6 is 0 Å². The third-order valence-electron chi connectivity index (χ3n) is 3.09. The summed E-state index contributed by atoms with van der Waals surface area (Å²) < 4.78 is 0. The molecule has 0 atom stereocenters. The van der Waals surface area contributed by atoms with Crippen molar-refractivity contribution in [3.8, 4) is 0 Å². The first-order chi connectivity index (χ1) is 8.22. The Morgan fingerprint density at radius 1 is 1.12 bits per heavy atom. The molecular weight excluding hydrogens is 208 g/mol. The van der Waals surface area contributed by atoms with Gasteiger partial charge < -0.3 is 5.11 Å². The van der Waals surface area contributed by atoms with Crippen molar-refractivity contribution < 1.29 is 5.11 Å². The number of rotatable bonds is 3. The van der Waals surface area contributed by atoms with E-state index in [9.17, 15) is 5.11 Å². The first-order valence-electron chi connectivity index (χ1n) is 6.01. The van der Waals surface area contributed by atoms with Crippen LogP contribution in [0.2, 0.25) is 0 Å². The van der Waals surface area contributed by atoms with Crippen molar-refractivity contribution in [2.24, 2.45) is 5.92 Å². The predicted molar refractivity (Wildman–Crippen MR) is 73.8 cm³/mol. The third-order valence-corrected chi connectivity index (χ3v) is 3.09. The molecule has 1 nitrogen and oxygen atoms in total. The molecule has 0 fully saturated rings. The molecule has 0 bridgehead atoms. The summed E-state index contributed by atoms with van der Waals surface area (Å²) in [4.78, 5) is 0. The SMILES string of the molecule is CC(C)C(=Cc1cccc2ccccc12)CO. The van der Waals surface area contributed by atoms with Gasteiger partial charge in [-0.2, -0.15) is 0 Å². The average molecular weight is 226 g/mol. The van der Waals surface area contributed by atoms with Gasteiger partial charge in [-0.05, 0) is 27.8 Å². The maximum atomic E-state index is 9.36. The molecule has 0 aliphatic carbocycles. The van der Waals surface area contributed by atoms with Gasteiger partial charge in [-0.25, -0.2) is 0 Å². The Morgan fingerprint density at radius 3 is 2.53 bits per heavy atom. The Hall–Kier alpha value is -1.60. The topological polar surface area (TPSA) is 20.2 Å². The van der Waals surface area contributed by atoms with Gasteiger partial charge in [0.25, 0.3) is 0 Å². The molecule has 0 spiro atoms. The van der Waals surface area contributed by atoms with E-state index in [1.165, 1.54) is 16.3 Å². The minimum atomic E-state index is 0.126. The van der Waals surface area contributed by atoms with Gasteiger partial charge in [-0.1, -0.05) is 62.4 Å². The Kier molecular flexibility index (Phi) is 3.60. The molecule has 2 rings (SSSR count). The fraction of sp³-hybridized carbons (Fsp3) is 0.250. The van der Waals surface area contributed by atoms with Gasteiger partial charge in [-0.3, -0.25) is 0 Å². The van der Waals surface area contributed by atoms with Crippen LogP contribution in [0.3, 0.4) is 0 Å². The van der Waals surface area contributed by atoms with E-state index in [1.54, 1.807) is 0 Å². The van der Waals surface area contributed by atoms with Crippen molar-refractivity contribution in [3.05, 3.63) is 53.6 Å². The number of aliphatic hydroxyl groups excluding tert-OH is 1. The monoisotopic (exact) mass is 226 g/mol. The highest BCUT2D eigenvalue weighted by molar-refractivity contribution is 5.90. The molecule has 0 aliphatic rings. The van der Waals surface area contributed by atoms with Crippen LogP contribution in [0.15, 0.2) is 48.0 Å². The van der Waals surface area contributed by atoms with Crippen molar-refractivity contribution in [3.63, 3.8) is 0 Å². The molecule has 2 aromatic carbocycles. The fourth-order valence-electron chi connectivity index (χ4n) is 1.97. The number of benzene rings is 2. The molecule has 0 heterocycles. The summed E-state index contributed by atoms with van der Waals surface area (Å²) >= 11 is 0. The Morgan fingerprint density at radius 2 is 1.82 bits per heavy atom. The quantitative estimate of drug-likeness (QED) is 0.842. The Labute approximate surface area is 102 Å². The van der Waals surface area contributed by atoms with Gasteiger partial charge in [0, 0.05) is 0 Å². The summed E-state index contributed by atoms with van der Waals surface area (Å²) in [7, 11) is 0. The zero-order chi connectivity index (χ0) is 12.3. The molecule has 0 aromatic heterocycles. The molecule has 2 aromatic rings. The van der Waals surface area contributed by atoms with E-state index >= 15 is 0 Å². The van der Waals surface area contributed by atoms with Gasteiger partial charge in [-0.15, -0.1) is 0 Å². The number of aliphatic hydroxyl groups is 1. The minimum absolute atomic E-state index is 0.126. The Balaban J connectivity index is 2.56. The van der Waals surface area contributed by atoms with Crippen molar-refractivity contribution in [2.45, 2.75) is 13.8 Å². The van der Waals surface area contributed by atoms with E-state index in [0.29, 0.717) is 5.92 Å². The van der Waals surface area contributed by atoms with E-state index in [2.05, 4.69) is 50.3 Å². The van der Waals surface area contributed by atoms with Crippen LogP contribution in [0.4, 0.5) is 0 Å². The van der Waals surface area contributed by atoms with Gasteiger partial charge in [0.2, 0.25) is 0 Å². The lowest BCUT2D eigenvalue weighted by atomic mass is 9.98. The summed E-state index contributed by atoms with van der Waals surface area (Å²) in [6.07, 6.45) is 2.10. The molecule has 1 N–H and O–H groups in total. The van der Waals surface area contributed by atoms with E-state index in [-0.39, 0.29) is 6.61 Å². The third kappa shape index (κ3) is 2.56. The van der Waals surface area contributed by atoms with Crippen LogP contribution in [0.25, 0.3) is 16.8 Å². The largest absolute Gasteiger partial charge is 0.392 e. The van der Waals surface area contributed by atoms with Gasteiger partial charge in [0.15, 0.2) is 0 Å². The summed E-state index contributed by atoms with van der Waals surface area (Å²) in [5.74, 6) is 0.374. The zero-order valence-corrected chi connectivity index (χ0v) is 10.4. The molecule has 1 heteroatoms. The van der Waals surface area contributed by atoms with Gasteiger partial charge in [0.05, 0.1) is 6.61 Å². The molecule has 0 saturated carbocycles. The summed E-state index contributed by atoms with van der Waals surface area (Å²) in [5.41, 5.74) is 2.25. The van der Waals surface area contributed by atoms with Crippen LogP contribution in [-0.4, -0.2) is 11.7 Å². The highest BCUT2D eigenvalue weighted by atomic mass is 16.3. The van der Waals surface area contributed by atoms with Crippen molar-refractivity contribution >= 4 is 16.8 Å². The summed E-state index contributed by atoms with van der Waals surface area (Å²) in [6, 6.07) is 14.6. The molecule has 88 valence electrons. The second-order valence-electron chi connectivity index (χ2n) is 4.60. The van der Waals surface area contributed by atoms with Crippen LogP contribution < -0.4 is 0 Å². The second kappa shape index (κ2) is 5.15. The molecular formula is C16H18O. The molecule has 0 radical (unpaired) electrons. The van der Waals surface area contributed by atoms with Crippen LogP contribution in [0.5, 0.6) is 0 Å². The maximum Gasteiger partial charge on any atom is 0.0647 e.